The highest BCUT2D eigenvalue weighted by atomic mass is 16.5. The summed E-state index contributed by atoms with van der Waals surface area (Å²) < 4.78 is 6.50. The number of hydrogen-bond acceptors (Lipinski definition) is 7. The first-order valence-corrected chi connectivity index (χ1v) is 14.6. The van der Waals surface area contributed by atoms with Gasteiger partial charge in [0.1, 0.15) is 12.0 Å². The molecule has 39 heavy (non-hydrogen) atoms. The van der Waals surface area contributed by atoms with E-state index in [2.05, 4.69) is 42.0 Å². The zero-order valence-electron chi connectivity index (χ0n) is 24.9. The summed E-state index contributed by atoms with van der Waals surface area (Å²) in [4.78, 5) is 18.1. The number of nitrogens with zero attached hydrogens (tertiary/aromatic N) is 2. The zero-order valence-corrected chi connectivity index (χ0v) is 24.9. The number of carbonyl (C=O) groups is 1. The van der Waals surface area contributed by atoms with Crippen LogP contribution in [0.2, 0.25) is 0 Å². The number of aldehydes is 1. The Balaban J connectivity index is 2.25. The van der Waals surface area contributed by atoms with Crippen molar-refractivity contribution in [3.63, 3.8) is 0 Å². The lowest BCUT2D eigenvalue weighted by atomic mass is 9.86. The molecule has 1 aromatic carbocycles. The fourth-order valence-electron chi connectivity index (χ4n) is 5.49. The largest absolute Gasteiger partial charge is 0.493 e. The van der Waals surface area contributed by atoms with E-state index in [-0.39, 0.29) is 6.04 Å². The highest BCUT2D eigenvalue weighted by Crippen LogP contribution is 2.32. The van der Waals surface area contributed by atoms with Crippen molar-refractivity contribution < 1.29 is 9.53 Å². The topological polar surface area (TPSA) is 89.8 Å². The quantitative estimate of drug-likeness (QED) is 0.109. The molecule has 0 saturated carbocycles. The van der Waals surface area contributed by atoms with Gasteiger partial charge in [-0.2, -0.15) is 0 Å². The Morgan fingerprint density at radius 1 is 1.26 bits per heavy atom. The van der Waals surface area contributed by atoms with Crippen molar-refractivity contribution in [3.05, 3.63) is 52.7 Å². The minimum Gasteiger partial charge on any atom is -0.493 e. The van der Waals surface area contributed by atoms with E-state index in [0.29, 0.717) is 31.9 Å². The molecule has 2 rings (SSSR count). The van der Waals surface area contributed by atoms with Crippen molar-refractivity contribution in [2.75, 3.05) is 40.8 Å². The van der Waals surface area contributed by atoms with Crippen LogP contribution in [0, 0.1) is 11.3 Å². The molecule has 0 fully saturated rings. The minimum absolute atomic E-state index is 0.0170. The van der Waals surface area contributed by atoms with Crippen LogP contribution >= 0.6 is 0 Å². The van der Waals surface area contributed by atoms with Crippen LogP contribution in [-0.2, 0) is 11.3 Å². The fraction of sp³-hybridized carbons (Fsp3) is 0.594. The maximum atomic E-state index is 11.0. The van der Waals surface area contributed by atoms with Crippen LogP contribution in [-0.4, -0.2) is 70.0 Å². The average Bonchev–Trinajstić information content (AvgIpc) is 3.35. The molecule has 7 heteroatoms. The van der Waals surface area contributed by atoms with Crippen LogP contribution in [0.1, 0.15) is 76.3 Å². The van der Waals surface area contributed by atoms with Crippen molar-refractivity contribution in [1.82, 2.24) is 15.5 Å². The molecule has 216 valence electrons. The molecule has 3 N–H and O–H groups in total. The van der Waals surface area contributed by atoms with Gasteiger partial charge in [0.25, 0.3) is 0 Å². The minimum atomic E-state index is 0.0170. The third kappa shape index (κ3) is 9.73. The first-order chi connectivity index (χ1) is 18.9. The predicted octanol–water partition coefficient (Wildman–Crippen LogP) is 5.54. The van der Waals surface area contributed by atoms with Gasteiger partial charge in [-0.25, -0.2) is 0 Å². The number of rotatable bonds is 21. The summed E-state index contributed by atoms with van der Waals surface area (Å²) in [7, 11) is 5.90. The van der Waals surface area contributed by atoms with E-state index in [1.807, 2.05) is 33.3 Å². The Kier molecular flexibility index (Phi) is 14.8. The third-order valence-corrected chi connectivity index (χ3v) is 7.63. The van der Waals surface area contributed by atoms with Crippen molar-refractivity contribution in [1.29, 1.82) is 5.41 Å². The molecule has 0 amide bonds. The second kappa shape index (κ2) is 17.7. The number of unbranched alkanes of at least 4 members (excludes halogenated alkanes) is 1. The van der Waals surface area contributed by atoms with Crippen LogP contribution < -0.4 is 15.4 Å². The van der Waals surface area contributed by atoms with E-state index < -0.39 is 0 Å². The summed E-state index contributed by atoms with van der Waals surface area (Å²) in [6.45, 7) is 11.7. The van der Waals surface area contributed by atoms with E-state index in [0.717, 1.165) is 80.5 Å². The van der Waals surface area contributed by atoms with E-state index in [4.69, 9.17) is 15.1 Å². The van der Waals surface area contributed by atoms with Crippen LogP contribution in [0.3, 0.4) is 0 Å². The van der Waals surface area contributed by atoms with Crippen LogP contribution in [0.15, 0.2) is 46.6 Å². The predicted molar refractivity (Wildman–Crippen MR) is 164 cm³/mol. The van der Waals surface area contributed by atoms with Gasteiger partial charge in [0.15, 0.2) is 0 Å². The van der Waals surface area contributed by atoms with Gasteiger partial charge in [-0.15, -0.1) is 0 Å². The standard InChI is InChI=1S/C32H51N5O2/c1-7-12-26-21-36-30(8-2)32(26)27(13-9-10-17-34-4)23-39-29-16-15-25(20-33)28(19-29)22-37(6)31(14-11-18-38)24(3)35-5/h15-16,18-20,27,31,33-35H,3,7-14,17,21-23H2,1-2,4-6H3. The molecule has 2 unspecified atom stereocenters. The summed E-state index contributed by atoms with van der Waals surface area (Å²) in [5.74, 6) is 1.15. The van der Waals surface area contributed by atoms with Gasteiger partial charge < -0.3 is 25.6 Å². The van der Waals surface area contributed by atoms with E-state index in [1.54, 1.807) is 0 Å². The Morgan fingerprint density at radius 3 is 2.69 bits per heavy atom. The third-order valence-electron chi connectivity index (χ3n) is 7.63. The average molecular weight is 538 g/mol. The molecule has 0 aliphatic carbocycles. The number of hydrogen-bond donors (Lipinski definition) is 3. The van der Waals surface area contributed by atoms with Crippen LogP contribution in [0.25, 0.3) is 0 Å². The summed E-state index contributed by atoms with van der Waals surface area (Å²) in [6.07, 6.45) is 10.1. The van der Waals surface area contributed by atoms with Crippen LogP contribution in [0.4, 0.5) is 0 Å². The Morgan fingerprint density at radius 2 is 2.05 bits per heavy atom. The molecule has 2 atom stereocenters. The number of carbonyl (C=O) groups excluding carboxylic acids is 1. The Bertz CT molecular complexity index is 1000. The zero-order chi connectivity index (χ0) is 28.6. The molecule has 7 nitrogen and oxygen atoms in total. The number of ether oxygens (including phenoxy) is 1. The van der Waals surface area contributed by atoms with Gasteiger partial charge >= 0.3 is 0 Å². The molecule has 0 radical (unpaired) electrons. The van der Waals surface area contributed by atoms with Crippen molar-refractivity contribution in [3.8, 4) is 5.75 Å². The summed E-state index contributed by atoms with van der Waals surface area (Å²) >= 11 is 0. The smallest absolute Gasteiger partial charge is 0.120 e. The Labute approximate surface area is 236 Å². The molecule has 0 aromatic heterocycles. The number of aliphatic imine (C=N–C) groups is 1. The molecule has 0 saturated heterocycles. The monoisotopic (exact) mass is 537 g/mol. The molecule has 0 spiro atoms. The van der Waals surface area contributed by atoms with E-state index in [9.17, 15) is 4.79 Å². The number of likely N-dealkylation sites (N-methyl/N-ethyl adjacent to an activating group) is 2. The highest BCUT2D eigenvalue weighted by molar-refractivity contribution is 6.03. The summed E-state index contributed by atoms with van der Waals surface area (Å²) in [6, 6.07) is 6.03. The number of benzene rings is 1. The van der Waals surface area contributed by atoms with Gasteiger partial charge in [-0.05, 0) is 93.2 Å². The van der Waals surface area contributed by atoms with E-state index in [1.165, 1.54) is 23.1 Å². The normalized spacial score (nSPS) is 14.8. The first-order valence-electron chi connectivity index (χ1n) is 14.6. The van der Waals surface area contributed by atoms with Crippen LogP contribution in [0.5, 0.6) is 5.75 Å². The molecular weight excluding hydrogens is 486 g/mol. The van der Waals surface area contributed by atoms with Crippen molar-refractivity contribution in [2.24, 2.45) is 10.9 Å². The molecule has 1 aliphatic heterocycles. The molecular formula is C32H51N5O2. The highest BCUT2D eigenvalue weighted by Gasteiger charge is 2.26. The lowest BCUT2D eigenvalue weighted by molar-refractivity contribution is -0.108. The second-order valence-electron chi connectivity index (χ2n) is 10.4. The van der Waals surface area contributed by atoms with Gasteiger partial charge in [0.05, 0.1) is 13.2 Å². The van der Waals surface area contributed by atoms with Gasteiger partial charge in [0, 0.05) is 49.6 Å². The lowest BCUT2D eigenvalue weighted by Gasteiger charge is -2.30. The number of nitrogens with one attached hydrogen (secondary N) is 3. The molecule has 1 aromatic rings. The maximum Gasteiger partial charge on any atom is 0.120 e. The molecule has 1 aliphatic rings. The first kappa shape index (κ1) is 32.4. The maximum absolute atomic E-state index is 11.0. The van der Waals surface area contributed by atoms with Gasteiger partial charge in [-0.3, -0.25) is 9.89 Å². The van der Waals surface area contributed by atoms with Gasteiger partial charge in [0.2, 0.25) is 0 Å². The summed E-state index contributed by atoms with van der Waals surface area (Å²) in [5, 5.41) is 14.4. The Hall–Kier alpha value is -2.77. The SMILES string of the molecule is C=C(NC)C(CCC=O)N(C)Cc1cc(OCC(CCCCNC)C2=C(CCC)CN=C2CC)ccc1C=N. The van der Waals surface area contributed by atoms with Crippen molar-refractivity contribution in [2.45, 2.75) is 77.8 Å². The molecule has 1 heterocycles. The lowest BCUT2D eigenvalue weighted by Crippen LogP contribution is -2.36. The molecule has 0 bridgehead atoms. The van der Waals surface area contributed by atoms with Gasteiger partial charge in [-0.1, -0.05) is 33.3 Å². The fourth-order valence-corrected chi connectivity index (χ4v) is 5.49. The second-order valence-corrected chi connectivity index (χ2v) is 10.4. The van der Waals surface area contributed by atoms with Crippen molar-refractivity contribution >= 4 is 18.2 Å². The van der Waals surface area contributed by atoms with E-state index >= 15 is 0 Å². The summed E-state index contributed by atoms with van der Waals surface area (Å²) in [5.41, 5.74) is 6.97.